The summed E-state index contributed by atoms with van der Waals surface area (Å²) in [6, 6.07) is 19.6. The van der Waals surface area contributed by atoms with Crippen LogP contribution in [0.2, 0.25) is 0 Å². The zero-order valence-electron chi connectivity index (χ0n) is 13.4. The van der Waals surface area contributed by atoms with Crippen molar-refractivity contribution in [2.75, 3.05) is 0 Å². The second-order valence-electron chi connectivity index (χ2n) is 5.49. The predicted octanol–water partition coefficient (Wildman–Crippen LogP) is 2.93. The Kier molecular flexibility index (Phi) is 5.24. The fourth-order valence-corrected chi connectivity index (χ4v) is 2.47. The molecule has 24 heavy (non-hydrogen) atoms. The first-order chi connectivity index (χ1) is 11.8. The molecule has 5 nitrogen and oxygen atoms in total. The van der Waals surface area contributed by atoms with E-state index in [4.69, 9.17) is 0 Å². The zero-order chi connectivity index (χ0) is 16.6. The summed E-state index contributed by atoms with van der Waals surface area (Å²) in [5, 5.41) is 10.0. The molecule has 122 valence electrons. The van der Waals surface area contributed by atoms with Crippen molar-refractivity contribution in [3.8, 4) is 0 Å². The number of nitrogens with zero attached hydrogens (tertiary/aromatic N) is 2. The van der Waals surface area contributed by atoms with Gasteiger partial charge in [0.25, 0.3) is 0 Å². The van der Waals surface area contributed by atoms with Gasteiger partial charge in [0, 0.05) is 25.5 Å². The molecule has 2 aromatic carbocycles. The van der Waals surface area contributed by atoms with Gasteiger partial charge in [-0.3, -0.25) is 4.68 Å². The van der Waals surface area contributed by atoms with Gasteiger partial charge in [0.1, 0.15) is 0 Å². The Morgan fingerprint density at radius 1 is 0.875 bits per heavy atom. The summed E-state index contributed by atoms with van der Waals surface area (Å²) in [7, 11) is 0. The highest BCUT2D eigenvalue weighted by atomic mass is 16.2. The van der Waals surface area contributed by atoms with Crippen LogP contribution in [0, 0.1) is 0 Å². The summed E-state index contributed by atoms with van der Waals surface area (Å²) < 4.78 is 1.87. The first-order valence-electron chi connectivity index (χ1n) is 7.91. The number of benzene rings is 2. The SMILES string of the molecule is O=C(NCc1ccccc1)NCc1ccccc1Cn1cccn1. The van der Waals surface area contributed by atoms with Crippen molar-refractivity contribution in [2.24, 2.45) is 0 Å². The topological polar surface area (TPSA) is 59.0 Å². The van der Waals surface area contributed by atoms with Crippen LogP contribution in [0.25, 0.3) is 0 Å². The minimum atomic E-state index is -0.173. The maximum absolute atomic E-state index is 12.0. The van der Waals surface area contributed by atoms with Gasteiger partial charge in [-0.25, -0.2) is 4.79 Å². The number of amides is 2. The highest BCUT2D eigenvalue weighted by Crippen LogP contribution is 2.10. The highest BCUT2D eigenvalue weighted by Gasteiger charge is 2.05. The molecule has 3 aromatic rings. The summed E-state index contributed by atoms with van der Waals surface area (Å²) in [6.45, 7) is 1.69. The van der Waals surface area contributed by atoms with Gasteiger partial charge < -0.3 is 10.6 Å². The van der Waals surface area contributed by atoms with Gasteiger partial charge in [0.05, 0.1) is 6.54 Å². The Morgan fingerprint density at radius 2 is 1.58 bits per heavy atom. The van der Waals surface area contributed by atoms with Crippen molar-refractivity contribution in [2.45, 2.75) is 19.6 Å². The quantitative estimate of drug-likeness (QED) is 0.733. The van der Waals surface area contributed by atoms with E-state index in [1.807, 2.05) is 65.5 Å². The second kappa shape index (κ2) is 7.97. The zero-order valence-corrected chi connectivity index (χ0v) is 13.4. The Hall–Kier alpha value is -3.08. The highest BCUT2D eigenvalue weighted by molar-refractivity contribution is 5.73. The van der Waals surface area contributed by atoms with Crippen LogP contribution in [0.4, 0.5) is 4.79 Å². The largest absolute Gasteiger partial charge is 0.334 e. The average Bonchev–Trinajstić information content (AvgIpc) is 3.13. The standard InChI is InChI=1S/C19H20N4O/c24-19(20-13-16-7-2-1-3-8-16)21-14-17-9-4-5-10-18(17)15-23-12-6-11-22-23/h1-12H,13-15H2,(H2,20,21,24). The number of urea groups is 1. The molecule has 0 radical (unpaired) electrons. The third-order valence-electron chi connectivity index (χ3n) is 3.75. The summed E-state index contributed by atoms with van der Waals surface area (Å²) >= 11 is 0. The normalized spacial score (nSPS) is 10.3. The molecule has 0 bridgehead atoms. The van der Waals surface area contributed by atoms with Crippen molar-refractivity contribution < 1.29 is 4.79 Å². The maximum Gasteiger partial charge on any atom is 0.315 e. The van der Waals surface area contributed by atoms with Crippen LogP contribution < -0.4 is 10.6 Å². The first kappa shape index (κ1) is 15.8. The third-order valence-corrected chi connectivity index (χ3v) is 3.75. The van der Waals surface area contributed by atoms with E-state index < -0.39 is 0 Å². The third kappa shape index (κ3) is 4.46. The van der Waals surface area contributed by atoms with E-state index in [-0.39, 0.29) is 6.03 Å². The second-order valence-corrected chi connectivity index (χ2v) is 5.49. The van der Waals surface area contributed by atoms with Gasteiger partial charge >= 0.3 is 6.03 Å². The Labute approximate surface area is 141 Å². The van der Waals surface area contributed by atoms with E-state index in [1.54, 1.807) is 6.20 Å². The van der Waals surface area contributed by atoms with Gasteiger partial charge in [-0.2, -0.15) is 5.10 Å². The molecule has 1 aromatic heterocycles. The number of rotatable bonds is 6. The molecular formula is C19H20N4O. The van der Waals surface area contributed by atoms with Crippen molar-refractivity contribution in [1.29, 1.82) is 0 Å². The van der Waals surface area contributed by atoms with Crippen LogP contribution in [0.15, 0.2) is 73.1 Å². The van der Waals surface area contributed by atoms with Crippen molar-refractivity contribution in [3.63, 3.8) is 0 Å². The summed E-state index contributed by atoms with van der Waals surface area (Å²) in [6.07, 6.45) is 3.69. The smallest absolute Gasteiger partial charge is 0.315 e. The fraction of sp³-hybridized carbons (Fsp3) is 0.158. The lowest BCUT2D eigenvalue weighted by atomic mass is 10.1. The van der Waals surface area contributed by atoms with E-state index in [0.717, 1.165) is 16.7 Å². The Morgan fingerprint density at radius 3 is 2.33 bits per heavy atom. The lowest BCUT2D eigenvalue weighted by Crippen LogP contribution is -2.34. The molecule has 0 aliphatic rings. The lowest BCUT2D eigenvalue weighted by Gasteiger charge is -2.12. The number of aromatic nitrogens is 2. The summed E-state index contributed by atoms with van der Waals surface area (Å²) in [4.78, 5) is 12.0. The molecule has 2 N–H and O–H groups in total. The minimum absolute atomic E-state index is 0.173. The molecule has 0 aliphatic carbocycles. The molecule has 2 amide bonds. The molecule has 1 heterocycles. The van der Waals surface area contributed by atoms with Gasteiger partial charge in [0.15, 0.2) is 0 Å². The fourth-order valence-electron chi connectivity index (χ4n) is 2.47. The molecule has 0 saturated heterocycles. The average molecular weight is 320 g/mol. The maximum atomic E-state index is 12.0. The van der Waals surface area contributed by atoms with E-state index >= 15 is 0 Å². The number of hydrogen-bond donors (Lipinski definition) is 2. The molecule has 3 rings (SSSR count). The molecule has 0 saturated carbocycles. The van der Waals surface area contributed by atoms with Gasteiger partial charge in [-0.15, -0.1) is 0 Å². The lowest BCUT2D eigenvalue weighted by molar-refractivity contribution is 0.240. The summed E-state index contributed by atoms with van der Waals surface area (Å²) in [5.41, 5.74) is 3.30. The summed E-state index contributed by atoms with van der Waals surface area (Å²) in [5.74, 6) is 0. The van der Waals surface area contributed by atoms with Crippen LogP contribution in [0.5, 0.6) is 0 Å². The van der Waals surface area contributed by atoms with Crippen molar-refractivity contribution in [1.82, 2.24) is 20.4 Å². The van der Waals surface area contributed by atoms with Crippen LogP contribution in [-0.4, -0.2) is 15.8 Å². The van der Waals surface area contributed by atoms with Gasteiger partial charge in [-0.1, -0.05) is 54.6 Å². The van der Waals surface area contributed by atoms with E-state index in [2.05, 4.69) is 21.8 Å². The van der Waals surface area contributed by atoms with Gasteiger partial charge in [-0.05, 0) is 22.8 Å². The van der Waals surface area contributed by atoms with Gasteiger partial charge in [0.2, 0.25) is 0 Å². The molecule has 0 fully saturated rings. The molecule has 0 aliphatic heterocycles. The molecule has 0 spiro atoms. The van der Waals surface area contributed by atoms with Crippen molar-refractivity contribution in [3.05, 3.63) is 89.7 Å². The molecular weight excluding hydrogens is 300 g/mol. The van der Waals surface area contributed by atoms with Crippen molar-refractivity contribution >= 4 is 6.03 Å². The van der Waals surface area contributed by atoms with E-state index in [0.29, 0.717) is 19.6 Å². The van der Waals surface area contributed by atoms with E-state index in [9.17, 15) is 4.79 Å². The van der Waals surface area contributed by atoms with E-state index in [1.165, 1.54) is 0 Å². The van der Waals surface area contributed by atoms with Crippen LogP contribution >= 0.6 is 0 Å². The predicted molar refractivity (Wildman–Crippen MR) is 93.3 cm³/mol. The Bertz CT molecular complexity index is 769. The van der Waals surface area contributed by atoms with Crippen LogP contribution in [0.3, 0.4) is 0 Å². The Balaban J connectivity index is 1.53. The number of nitrogens with one attached hydrogen (secondary N) is 2. The van der Waals surface area contributed by atoms with Crippen LogP contribution in [-0.2, 0) is 19.6 Å². The molecule has 0 atom stereocenters. The molecule has 5 heteroatoms. The minimum Gasteiger partial charge on any atom is -0.334 e. The molecule has 0 unspecified atom stereocenters. The first-order valence-corrected chi connectivity index (χ1v) is 7.91. The number of hydrogen-bond acceptors (Lipinski definition) is 2. The monoisotopic (exact) mass is 320 g/mol. The number of carbonyl (C=O) groups is 1. The number of carbonyl (C=O) groups excluding carboxylic acids is 1. The van der Waals surface area contributed by atoms with Crippen LogP contribution in [0.1, 0.15) is 16.7 Å².